The van der Waals surface area contributed by atoms with Gasteiger partial charge in [0.15, 0.2) is 17.2 Å². The van der Waals surface area contributed by atoms with Crippen LogP contribution in [-0.2, 0) is 9.53 Å². The summed E-state index contributed by atoms with van der Waals surface area (Å²) >= 11 is 3.44. The first-order valence-corrected chi connectivity index (χ1v) is 9.50. The van der Waals surface area contributed by atoms with Gasteiger partial charge in [-0.3, -0.25) is 0 Å². The van der Waals surface area contributed by atoms with E-state index in [2.05, 4.69) is 27.8 Å². The molecule has 140 valence electrons. The van der Waals surface area contributed by atoms with Gasteiger partial charge < -0.3 is 14.2 Å². The lowest BCUT2D eigenvalue weighted by atomic mass is 10.1. The van der Waals surface area contributed by atoms with Crippen molar-refractivity contribution < 1.29 is 19.0 Å². The van der Waals surface area contributed by atoms with E-state index in [1.807, 2.05) is 42.5 Å². The molecule has 27 heavy (non-hydrogen) atoms. The zero-order valence-corrected chi connectivity index (χ0v) is 16.8. The number of carbonyl (C=O) groups excluding carboxylic acids is 1. The van der Waals surface area contributed by atoms with Crippen LogP contribution in [0.2, 0.25) is 0 Å². The Morgan fingerprint density at radius 1 is 1.19 bits per heavy atom. The number of esters is 1. The first-order valence-electron chi connectivity index (χ1n) is 8.70. The Hall–Kier alpha value is -2.60. The van der Waals surface area contributed by atoms with Gasteiger partial charge in [0.05, 0.1) is 19.3 Å². The number of unbranched alkanes of at least 4 members (excludes halogenated alkanes) is 1. The molecule has 2 aromatic rings. The second-order valence-electron chi connectivity index (χ2n) is 5.93. The average Bonchev–Trinajstić information content (AvgIpc) is 3.03. The lowest BCUT2D eigenvalue weighted by Gasteiger charge is -2.10. The van der Waals surface area contributed by atoms with Crippen LogP contribution in [0, 0.1) is 0 Å². The van der Waals surface area contributed by atoms with Crippen molar-refractivity contribution in [3.05, 3.63) is 63.8 Å². The molecule has 0 aromatic heterocycles. The molecule has 0 fully saturated rings. The summed E-state index contributed by atoms with van der Waals surface area (Å²) in [5.41, 5.74) is 1.74. The van der Waals surface area contributed by atoms with Gasteiger partial charge in [0.1, 0.15) is 0 Å². The second kappa shape index (κ2) is 8.86. The van der Waals surface area contributed by atoms with Gasteiger partial charge in [0.2, 0.25) is 5.90 Å². The lowest BCUT2D eigenvalue weighted by Crippen LogP contribution is -2.05. The van der Waals surface area contributed by atoms with Crippen LogP contribution < -0.4 is 9.47 Å². The zero-order valence-electron chi connectivity index (χ0n) is 15.2. The molecule has 0 aliphatic carbocycles. The van der Waals surface area contributed by atoms with E-state index < -0.39 is 5.97 Å². The molecule has 3 rings (SSSR count). The van der Waals surface area contributed by atoms with Crippen LogP contribution >= 0.6 is 15.9 Å². The normalized spacial score (nSPS) is 14.9. The zero-order chi connectivity index (χ0) is 19.2. The van der Waals surface area contributed by atoms with Gasteiger partial charge in [-0.1, -0.05) is 31.5 Å². The summed E-state index contributed by atoms with van der Waals surface area (Å²) in [6, 6.07) is 13.0. The fourth-order valence-corrected chi connectivity index (χ4v) is 2.99. The minimum absolute atomic E-state index is 0.238. The van der Waals surface area contributed by atoms with Crippen LogP contribution in [-0.4, -0.2) is 25.6 Å². The van der Waals surface area contributed by atoms with Crippen molar-refractivity contribution in [2.75, 3.05) is 13.7 Å². The van der Waals surface area contributed by atoms with E-state index in [4.69, 9.17) is 14.2 Å². The fraction of sp³-hybridized carbons (Fsp3) is 0.238. The number of hydrogen-bond acceptors (Lipinski definition) is 5. The molecule has 0 radical (unpaired) electrons. The Bertz CT molecular complexity index is 905. The number of benzene rings is 2. The molecule has 6 heteroatoms. The Morgan fingerprint density at radius 3 is 2.74 bits per heavy atom. The van der Waals surface area contributed by atoms with Gasteiger partial charge in [-0.15, -0.1) is 0 Å². The van der Waals surface area contributed by atoms with E-state index in [0.29, 0.717) is 18.1 Å². The molecule has 0 spiro atoms. The number of ether oxygens (including phenoxy) is 3. The van der Waals surface area contributed by atoms with Gasteiger partial charge in [-0.05, 0) is 58.3 Å². The van der Waals surface area contributed by atoms with Crippen molar-refractivity contribution >= 4 is 33.9 Å². The minimum Gasteiger partial charge on any atom is -0.493 e. The van der Waals surface area contributed by atoms with Crippen LogP contribution in [0.3, 0.4) is 0 Å². The highest BCUT2D eigenvalue weighted by Crippen LogP contribution is 2.30. The third kappa shape index (κ3) is 4.57. The monoisotopic (exact) mass is 429 g/mol. The van der Waals surface area contributed by atoms with Crippen molar-refractivity contribution in [3.8, 4) is 11.5 Å². The Kier molecular flexibility index (Phi) is 6.29. The molecule has 0 bridgehead atoms. The predicted molar refractivity (Wildman–Crippen MR) is 108 cm³/mol. The summed E-state index contributed by atoms with van der Waals surface area (Å²) < 4.78 is 17.3. The molecule has 0 amide bonds. The maximum Gasteiger partial charge on any atom is 0.363 e. The van der Waals surface area contributed by atoms with E-state index in [0.717, 1.165) is 28.4 Å². The topological polar surface area (TPSA) is 57.1 Å². The highest BCUT2D eigenvalue weighted by molar-refractivity contribution is 9.10. The molecule has 0 N–H and O–H groups in total. The van der Waals surface area contributed by atoms with Crippen LogP contribution in [0.1, 0.15) is 30.9 Å². The van der Waals surface area contributed by atoms with E-state index in [9.17, 15) is 4.79 Å². The first-order chi connectivity index (χ1) is 13.1. The Balaban J connectivity index is 1.85. The quantitative estimate of drug-likeness (QED) is 0.353. The van der Waals surface area contributed by atoms with Crippen molar-refractivity contribution in [1.29, 1.82) is 0 Å². The SMILES string of the molecule is CCCCOc1ccc(C=C2N=C(c3ccccc3Br)OC2=O)cc1OC. The molecule has 0 atom stereocenters. The number of hydrogen-bond donors (Lipinski definition) is 0. The molecule has 5 nitrogen and oxygen atoms in total. The highest BCUT2D eigenvalue weighted by Gasteiger charge is 2.25. The molecule has 0 saturated heterocycles. The number of rotatable bonds is 7. The maximum atomic E-state index is 12.2. The number of carbonyl (C=O) groups is 1. The summed E-state index contributed by atoms with van der Waals surface area (Å²) in [6.45, 7) is 2.75. The summed E-state index contributed by atoms with van der Waals surface area (Å²) in [7, 11) is 1.59. The Labute approximate surface area is 166 Å². The first kappa shape index (κ1) is 19.2. The van der Waals surface area contributed by atoms with Crippen LogP contribution in [0.15, 0.2) is 57.6 Å². The van der Waals surface area contributed by atoms with Crippen molar-refractivity contribution in [2.45, 2.75) is 19.8 Å². The van der Waals surface area contributed by atoms with Crippen molar-refractivity contribution in [3.63, 3.8) is 0 Å². The molecule has 1 aliphatic heterocycles. The van der Waals surface area contributed by atoms with E-state index in [1.165, 1.54) is 0 Å². The number of methoxy groups -OCH3 is 1. The minimum atomic E-state index is -0.483. The number of halogens is 1. The maximum absolute atomic E-state index is 12.2. The molecule has 1 heterocycles. The largest absolute Gasteiger partial charge is 0.493 e. The number of cyclic esters (lactones) is 1. The molecular formula is C21H20BrNO4. The van der Waals surface area contributed by atoms with E-state index in [1.54, 1.807) is 13.2 Å². The van der Waals surface area contributed by atoms with Crippen LogP contribution in [0.4, 0.5) is 0 Å². The van der Waals surface area contributed by atoms with Crippen LogP contribution in [0.25, 0.3) is 6.08 Å². The molecule has 1 aliphatic rings. The summed E-state index contributed by atoms with van der Waals surface area (Å²) in [6.07, 6.45) is 3.71. The molecule has 0 unspecified atom stereocenters. The van der Waals surface area contributed by atoms with Gasteiger partial charge >= 0.3 is 5.97 Å². The van der Waals surface area contributed by atoms with Crippen molar-refractivity contribution in [2.24, 2.45) is 4.99 Å². The van der Waals surface area contributed by atoms with Gasteiger partial charge in [-0.25, -0.2) is 9.79 Å². The molecule has 0 saturated carbocycles. The van der Waals surface area contributed by atoms with Crippen molar-refractivity contribution in [1.82, 2.24) is 0 Å². The third-order valence-electron chi connectivity index (χ3n) is 3.97. The summed E-state index contributed by atoms with van der Waals surface area (Å²) in [5.74, 6) is 1.09. The smallest absolute Gasteiger partial charge is 0.363 e. The van der Waals surface area contributed by atoms with Crippen LogP contribution in [0.5, 0.6) is 11.5 Å². The second-order valence-corrected chi connectivity index (χ2v) is 6.78. The highest BCUT2D eigenvalue weighted by atomic mass is 79.9. The number of aliphatic imine (C=N–C) groups is 1. The Morgan fingerprint density at radius 2 is 2.00 bits per heavy atom. The van der Waals surface area contributed by atoms with Gasteiger partial charge in [0.25, 0.3) is 0 Å². The molecular weight excluding hydrogens is 410 g/mol. The summed E-state index contributed by atoms with van der Waals surface area (Å²) in [5, 5.41) is 0. The van der Waals surface area contributed by atoms with Gasteiger partial charge in [-0.2, -0.15) is 0 Å². The van der Waals surface area contributed by atoms with Gasteiger partial charge in [0, 0.05) is 4.47 Å². The summed E-state index contributed by atoms with van der Waals surface area (Å²) in [4.78, 5) is 16.5. The average molecular weight is 430 g/mol. The van der Waals surface area contributed by atoms with E-state index >= 15 is 0 Å². The standard InChI is InChI=1S/C21H20BrNO4/c1-3-4-11-26-18-10-9-14(13-19(18)25-2)12-17-21(24)27-20(23-17)15-7-5-6-8-16(15)22/h5-10,12-13H,3-4,11H2,1-2H3. The number of nitrogens with zero attached hydrogens (tertiary/aromatic N) is 1. The lowest BCUT2D eigenvalue weighted by molar-refractivity contribution is -0.129. The van der Waals surface area contributed by atoms with E-state index in [-0.39, 0.29) is 11.6 Å². The predicted octanol–water partition coefficient (Wildman–Crippen LogP) is 4.98. The molecule has 2 aromatic carbocycles. The third-order valence-corrected chi connectivity index (χ3v) is 4.66. The fourth-order valence-electron chi connectivity index (χ4n) is 2.54.